The van der Waals surface area contributed by atoms with Crippen LogP contribution in [0.5, 0.6) is 0 Å². The summed E-state index contributed by atoms with van der Waals surface area (Å²) >= 11 is 0. The quantitative estimate of drug-likeness (QED) is 0.166. The van der Waals surface area contributed by atoms with Gasteiger partial charge in [-0.2, -0.15) is 0 Å². The Morgan fingerprint density at radius 1 is 0.259 bits per heavy atom. The molecule has 0 aliphatic carbocycles. The Morgan fingerprint density at radius 3 is 1.50 bits per heavy atom. The van der Waals surface area contributed by atoms with E-state index in [1.807, 2.05) is 12.1 Å². The van der Waals surface area contributed by atoms with Gasteiger partial charge in [-0.15, -0.1) is 0 Å². The van der Waals surface area contributed by atoms with E-state index in [0.29, 0.717) is 0 Å². The molecule has 0 aliphatic heterocycles. The third kappa shape index (κ3) is 5.90. The number of anilines is 3. The topological polar surface area (TPSA) is 16.4 Å². The zero-order valence-electron chi connectivity index (χ0n) is 29.6. The highest BCUT2D eigenvalue weighted by molar-refractivity contribution is 6.06. The van der Waals surface area contributed by atoms with Gasteiger partial charge in [-0.3, -0.25) is 0 Å². The molecule has 54 heavy (non-hydrogen) atoms. The molecule has 2 nitrogen and oxygen atoms in total. The molecule has 0 amide bonds. The average molecular weight is 690 g/mol. The summed E-state index contributed by atoms with van der Waals surface area (Å²) in [5, 5.41) is 4.71. The van der Waals surface area contributed by atoms with Crippen LogP contribution in [-0.2, 0) is 0 Å². The van der Waals surface area contributed by atoms with Gasteiger partial charge in [-0.25, -0.2) is 0 Å². The van der Waals surface area contributed by atoms with Crippen molar-refractivity contribution in [1.29, 1.82) is 0 Å². The van der Waals surface area contributed by atoms with Gasteiger partial charge in [0.2, 0.25) is 0 Å². The maximum atomic E-state index is 6.39. The van der Waals surface area contributed by atoms with Gasteiger partial charge in [0.1, 0.15) is 11.2 Å². The molecule has 1 heterocycles. The molecule has 10 aromatic rings. The molecule has 1 aromatic heterocycles. The molecule has 0 radical (unpaired) electrons. The molecule has 0 unspecified atom stereocenters. The van der Waals surface area contributed by atoms with E-state index in [1.165, 1.54) is 44.2 Å². The van der Waals surface area contributed by atoms with Crippen molar-refractivity contribution in [2.24, 2.45) is 0 Å². The normalized spacial score (nSPS) is 11.3. The Morgan fingerprint density at radius 2 is 0.778 bits per heavy atom. The molecule has 0 saturated heterocycles. The van der Waals surface area contributed by atoms with Gasteiger partial charge in [-0.05, 0) is 122 Å². The SMILES string of the molecule is c1ccc(-c2cc(-c3ccccc3)cc(-c3ccc(N(c4cccc(-c5ccc6ccccc6c5)c4)c4ccc5c(c4)oc4ccccc45)cc3)c2)cc1. The van der Waals surface area contributed by atoms with E-state index >= 15 is 0 Å². The molecule has 9 aromatic carbocycles. The number of hydrogen-bond donors (Lipinski definition) is 0. The Kier molecular flexibility index (Phi) is 7.85. The average Bonchev–Trinajstić information content (AvgIpc) is 3.62. The molecule has 0 N–H and O–H groups in total. The Hall–Kier alpha value is -7.16. The Balaban J connectivity index is 1.09. The standard InChI is InChI=1S/C52H35NO/c1-3-12-36(13-4-1)43-31-44(37-14-5-2-6-15-37)33-45(32-43)39-24-26-46(27-25-39)53(48-28-29-50-49-20-9-10-21-51(49)54-52(50)35-48)47-19-11-18-41(34-47)42-23-22-38-16-7-8-17-40(38)30-42/h1-35H. The zero-order chi connectivity index (χ0) is 35.8. The van der Waals surface area contributed by atoms with Crippen molar-refractivity contribution in [3.63, 3.8) is 0 Å². The predicted molar refractivity (Wildman–Crippen MR) is 228 cm³/mol. The molecular weight excluding hydrogens is 655 g/mol. The van der Waals surface area contributed by atoms with Gasteiger partial charge in [-0.1, -0.05) is 140 Å². The van der Waals surface area contributed by atoms with Gasteiger partial charge in [0.05, 0.1) is 0 Å². The monoisotopic (exact) mass is 689 g/mol. The minimum Gasteiger partial charge on any atom is -0.456 e. The summed E-state index contributed by atoms with van der Waals surface area (Å²) in [5.74, 6) is 0. The van der Waals surface area contributed by atoms with Crippen LogP contribution >= 0.6 is 0 Å². The first-order valence-corrected chi connectivity index (χ1v) is 18.4. The molecule has 0 saturated carbocycles. The fraction of sp³-hybridized carbons (Fsp3) is 0. The Bertz CT molecular complexity index is 2870. The first kappa shape index (κ1) is 31.6. The van der Waals surface area contributed by atoms with E-state index < -0.39 is 0 Å². The van der Waals surface area contributed by atoms with E-state index in [4.69, 9.17) is 4.42 Å². The number of benzene rings is 9. The lowest BCUT2D eigenvalue weighted by atomic mass is 9.93. The summed E-state index contributed by atoms with van der Waals surface area (Å²) in [6, 6.07) is 76.0. The molecular formula is C52H35NO. The van der Waals surface area contributed by atoms with E-state index in [0.717, 1.165) is 50.1 Å². The van der Waals surface area contributed by atoms with Crippen molar-refractivity contribution >= 4 is 49.8 Å². The Labute approximate surface area is 314 Å². The molecule has 254 valence electrons. The summed E-state index contributed by atoms with van der Waals surface area (Å²) in [5.41, 5.74) is 14.4. The zero-order valence-corrected chi connectivity index (χ0v) is 29.6. The molecule has 0 bridgehead atoms. The molecule has 0 aliphatic rings. The lowest BCUT2D eigenvalue weighted by Crippen LogP contribution is -2.10. The van der Waals surface area contributed by atoms with Crippen LogP contribution in [0.4, 0.5) is 17.1 Å². The van der Waals surface area contributed by atoms with Crippen LogP contribution in [0, 0.1) is 0 Å². The molecule has 2 heteroatoms. The van der Waals surface area contributed by atoms with E-state index in [2.05, 4.69) is 205 Å². The third-order valence-electron chi connectivity index (χ3n) is 10.4. The maximum Gasteiger partial charge on any atom is 0.137 e. The summed E-state index contributed by atoms with van der Waals surface area (Å²) in [4.78, 5) is 2.33. The highest BCUT2D eigenvalue weighted by atomic mass is 16.3. The van der Waals surface area contributed by atoms with Crippen molar-refractivity contribution in [3.05, 3.63) is 212 Å². The lowest BCUT2D eigenvalue weighted by Gasteiger charge is -2.26. The smallest absolute Gasteiger partial charge is 0.137 e. The predicted octanol–water partition coefficient (Wildman–Crippen LogP) is 14.9. The second-order valence-electron chi connectivity index (χ2n) is 13.8. The first-order valence-electron chi connectivity index (χ1n) is 18.4. The van der Waals surface area contributed by atoms with Crippen LogP contribution in [-0.4, -0.2) is 0 Å². The number of nitrogens with zero attached hydrogens (tertiary/aromatic N) is 1. The lowest BCUT2D eigenvalue weighted by molar-refractivity contribution is 0.669. The molecule has 0 spiro atoms. The van der Waals surface area contributed by atoms with Crippen molar-refractivity contribution in [2.75, 3.05) is 4.90 Å². The number of hydrogen-bond acceptors (Lipinski definition) is 2. The van der Waals surface area contributed by atoms with Crippen LogP contribution in [0.25, 0.3) is 77.2 Å². The van der Waals surface area contributed by atoms with Gasteiger partial charge in [0, 0.05) is 33.9 Å². The first-order chi connectivity index (χ1) is 26.7. The van der Waals surface area contributed by atoms with Crippen molar-refractivity contribution < 1.29 is 4.42 Å². The minimum atomic E-state index is 0.868. The molecule has 10 rings (SSSR count). The number of para-hydroxylation sites is 1. The summed E-state index contributed by atoms with van der Waals surface area (Å²) in [7, 11) is 0. The van der Waals surface area contributed by atoms with Crippen LogP contribution in [0.2, 0.25) is 0 Å². The fourth-order valence-corrected chi connectivity index (χ4v) is 7.69. The van der Waals surface area contributed by atoms with Crippen molar-refractivity contribution in [2.45, 2.75) is 0 Å². The second-order valence-corrected chi connectivity index (χ2v) is 13.8. The fourth-order valence-electron chi connectivity index (χ4n) is 7.69. The largest absolute Gasteiger partial charge is 0.456 e. The van der Waals surface area contributed by atoms with E-state index in [1.54, 1.807) is 0 Å². The maximum absolute atomic E-state index is 6.39. The van der Waals surface area contributed by atoms with E-state index in [-0.39, 0.29) is 0 Å². The highest BCUT2D eigenvalue weighted by Gasteiger charge is 2.17. The third-order valence-corrected chi connectivity index (χ3v) is 10.4. The number of furan rings is 1. The van der Waals surface area contributed by atoms with Gasteiger partial charge >= 0.3 is 0 Å². The molecule has 0 atom stereocenters. The number of rotatable bonds is 7. The van der Waals surface area contributed by atoms with Crippen molar-refractivity contribution in [1.82, 2.24) is 0 Å². The highest BCUT2D eigenvalue weighted by Crippen LogP contribution is 2.41. The summed E-state index contributed by atoms with van der Waals surface area (Å²) < 4.78 is 6.39. The summed E-state index contributed by atoms with van der Waals surface area (Å²) in [6.07, 6.45) is 0. The van der Waals surface area contributed by atoms with Crippen LogP contribution < -0.4 is 4.90 Å². The van der Waals surface area contributed by atoms with Gasteiger partial charge in [0.25, 0.3) is 0 Å². The van der Waals surface area contributed by atoms with Crippen molar-refractivity contribution in [3.8, 4) is 44.5 Å². The molecule has 0 fully saturated rings. The van der Waals surface area contributed by atoms with Gasteiger partial charge in [0.15, 0.2) is 0 Å². The van der Waals surface area contributed by atoms with Crippen LogP contribution in [0.1, 0.15) is 0 Å². The second kappa shape index (κ2) is 13.4. The van der Waals surface area contributed by atoms with Crippen LogP contribution in [0.3, 0.4) is 0 Å². The number of fused-ring (bicyclic) bond motifs is 4. The minimum absolute atomic E-state index is 0.868. The van der Waals surface area contributed by atoms with E-state index in [9.17, 15) is 0 Å². The van der Waals surface area contributed by atoms with Gasteiger partial charge < -0.3 is 9.32 Å². The summed E-state index contributed by atoms with van der Waals surface area (Å²) in [6.45, 7) is 0. The van der Waals surface area contributed by atoms with Crippen LogP contribution in [0.15, 0.2) is 217 Å².